The van der Waals surface area contributed by atoms with Gasteiger partial charge in [-0.15, -0.1) is 0 Å². The molecule has 0 radical (unpaired) electrons. The first-order valence-electron chi connectivity index (χ1n) is 3.44. The number of hydrogen-bond acceptors (Lipinski definition) is 2. The van der Waals surface area contributed by atoms with Crippen molar-refractivity contribution in [3.63, 3.8) is 0 Å². The summed E-state index contributed by atoms with van der Waals surface area (Å²) in [5.41, 5.74) is 2.69. The van der Waals surface area contributed by atoms with Gasteiger partial charge >= 0.3 is 6.55 Å². The lowest BCUT2D eigenvalue weighted by atomic mass is 10.2. The molecule has 1 saturated heterocycles. The zero-order chi connectivity index (χ0) is 7.72. The van der Waals surface area contributed by atoms with Crippen LogP contribution >= 0.6 is 0 Å². The van der Waals surface area contributed by atoms with Crippen molar-refractivity contribution in [1.29, 1.82) is 0 Å². The van der Waals surface area contributed by atoms with Crippen LogP contribution < -0.4 is 5.43 Å². The van der Waals surface area contributed by atoms with Crippen LogP contribution in [-0.2, 0) is 0 Å². The number of hydrazine groups is 1. The maximum absolute atomic E-state index is 12.0. The predicted molar refractivity (Wildman–Crippen MR) is 34.5 cm³/mol. The van der Waals surface area contributed by atoms with Gasteiger partial charge in [0.25, 0.3) is 0 Å². The molecule has 60 valence electrons. The molecule has 1 aliphatic rings. The van der Waals surface area contributed by atoms with Crippen molar-refractivity contribution in [2.75, 3.05) is 0 Å². The molecule has 1 rings (SSSR count). The van der Waals surface area contributed by atoms with E-state index in [1.165, 1.54) is 0 Å². The first kappa shape index (κ1) is 7.88. The third kappa shape index (κ3) is 1.44. The van der Waals surface area contributed by atoms with Gasteiger partial charge in [0.1, 0.15) is 0 Å². The molecule has 10 heavy (non-hydrogen) atoms. The molecule has 0 aromatic carbocycles. The van der Waals surface area contributed by atoms with Crippen molar-refractivity contribution >= 4 is 0 Å². The molecule has 0 aromatic heterocycles. The minimum Gasteiger partial charge on any atom is -0.247 e. The highest BCUT2D eigenvalue weighted by atomic mass is 19.3. The van der Waals surface area contributed by atoms with Gasteiger partial charge in [0.2, 0.25) is 0 Å². The molecule has 2 nitrogen and oxygen atoms in total. The zero-order valence-electron chi connectivity index (χ0n) is 6.14. The predicted octanol–water partition coefficient (Wildman–Crippen LogP) is 1.20. The lowest BCUT2D eigenvalue weighted by Gasteiger charge is -2.19. The van der Waals surface area contributed by atoms with Gasteiger partial charge in [-0.1, -0.05) is 0 Å². The molecule has 2 unspecified atom stereocenters. The van der Waals surface area contributed by atoms with E-state index in [0.29, 0.717) is 0 Å². The second-order valence-electron chi connectivity index (χ2n) is 2.80. The summed E-state index contributed by atoms with van der Waals surface area (Å²) in [6, 6.07) is 0.138. The molecule has 0 aromatic rings. The molecule has 0 aliphatic carbocycles. The van der Waals surface area contributed by atoms with Crippen LogP contribution in [0.2, 0.25) is 0 Å². The maximum atomic E-state index is 12.0. The van der Waals surface area contributed by atoms with Gasteiger partial charge in [0, 0.05) is 12.1 Å². The smallest absolute Gasteiger partial charge is 0.247 e. The Bertz CT molecular complexity index is 118. The largest absolute Gasteiger partial charge is 0.307 e. The summed E-state index contributed by atoms with van der Waals surface area (Å²) in [5, 5.41) is 1.00. The van der Waals surface area contributed by atoms with Gasteiger partial charge in [0.15, 0.2) is 0 Å². The second-order valence-corrected chi connectivity index (χ2v) is 2.80. The Hall–Kier alpha value is -0.220. The zero-order valence-corrected chi connectivity index (χ0v) is 6.14. The van der Waals surface area contributed by atoms with Crippen molar-refractivity contribution in [3.05, 3.63) is 0 Å². The van der Waals surface area contributed by atoms with E-state index in [1.54, 1.807) is 6.92 Å². The van der Waals surface area contributed by atoms with E-state index in [-0.39, 0.29) is 12.1 Å². The molecule has 0 spiro atoms. The summed E-state index contributed by atoms with van der Waals surface area (Å²) < 4.78 is 24.1. The van der Waals surface area contributed by atoms with E-state index in [1.807, 2.05) is 6.92 Å². The van der Waals surface area contributed by atoms with E-state index in [9.17, 15) is 8.78 Å². The molecular weight excluding hydrogens is 138 g/mol. The van der Waals surface area contributed by atoms with Crippen molar-refractivity contribution < 1.29 is 8.78 Å². The van der Waals surface area contributed by atoms with Crippen LogP contribution in [-0.4, -0.2) is 23.6 Å². The van der Waals surface area contributed by atoms with E-state index >= 15 is 0 Å². The topological polar surface area (TPSA) is 15.3 Å². The van der Waals surface area contributed by atoms with Gasteiger partial charge in [-0.2, -0.15) is 13.8 Å². The van der Waals surface area contributed by atoms with Crippen molar-refractivity contribution in [3.8, 4) is 0 Å². The summed E-state index contributed by atoms with van der Waals surface area (Å²) >= 11 is 0. The fraction of sp³-hybridized carbons (Fsp3) is 1.00. The molecule has 1 heterocycles. The molecule has 0 saturated carbocycles. The summed E-state index contributed by atoms with van der Waals surface area (Å²) in [6.07, 6.45) is 0.796. The number of nitrogens with zero attached hydrogens (tertiary/aromatic N) is 1. The van der Waals surface area contributed by atoms with Crippen LogP contribution in [0.3, 0.4) is 0 Å². The summed E-state index contributed by atoms with van der Waals surface area (Å²) in [5.74, 6) is 0. The molecule has 1 fully saturated rings. The van der Waals surface area contributed by atoms with Crippen molar-refractivity contribution in [2.24, 2.45) is 0 Å². The number of halogens is 2. The Balaban J connectivity index is 2.46. The average molecular weight is 150 g/mol. The minimum atomic E-state index is -2.38. The first-order valence-corrected chi connectivity index (χ1v) is 3.44. The van der Waals surface area contributed by atoms with E-state index in [4.69, 9.17) is 0 Å². The number of rotatable bonds is 1. The molecule has 1 aliphatic heterocycles. The lowest BCUT2D eigenvalue weighted by molar-refractivity contribution is -0.0633. The lowest BCUT2D eigenvalue weighted by Crippen LogP contribution is -2.41. The number of nitrogens with one attached hydrogen (secondary N) is 1. The van der Waals surface area contributed by atoms with Gasteiger partial charge in [-0.05, 0) is 20.3 Å². The second kappa shape index (κ2) is 2.80. The van der Waals surface area contributed by atoms with Gasteiger partial charge in [-0.3, -0.25) is 0 Å². The highest BCUT2D eigenvalue weighted by Gasteiger charge is 2.31. The summed E-state index contributed by atoms with van der Waals surface area (Å²) in [7, 11) is 0. The Morgan fingerprint density at radius 3 is 2.30 bits per heavy atom. The maximum Gasteiger partial charge on any atom is 0.307 e. The van der Waals surface area contributed by atoms with Crippen molar-refractivity contribution in [1.82, 2.24) is 10.4 Å². The van der Waals surface area contributed by atoms with Crippen LogP contribution in [0.5, 0.6) is 0 Å². The fourth-order valence-electron chi connectivity index (χ4n) is 1.31. The SMILES string of the molecule is CC1CC(C)N(C(F)F)N1. The molecule has 4 heteroatoms. The van der Waals surface area contributed by atoms with Gasteiger partial charge in [0.05, 0.1) is 0 Å². The number of hydrogen-bond donors (Lipinski definition) is 1. The fourth-order valence-corrected chi connectivity index (χ4v) is 1.31. The van der Waals surface area contributed by atoms with Gasteiger partial charge in [-0.25, -0.2) is 5.43 Å². The quantitative estimate of drug-likeness (QED) is 0.565. The van der Waals surface area contributed by atoms with E-state index in [2.05, 4.69) is 5.43 Å². The highest BCUT2D eigenvalue weighted by Crippen LogP contribution is 2.17. The molecule has 2 atom stereocenters. The van der Waals surface area contributed by atoms with E-state index < -0.39 is 6.55 Å². The van der Waals surface area contributed by atoms with Gasteiger partial charge < -0.3 is 0 Å². The normalized spacial score (nSPS) is 35.7. The van der Waals surface area contributed by atoms with Crippen LogP contribution in [0.25, 0.3) is 0 Å². The third-order valence-corrected chi connectivity index (χ3v) is 1.75. The van der Waals surface area contributed by atoms with E-state index in [0.717, 1.165) is 11.4 Å². The minimum absolute atomic E-state index is 0.0463. The molecule has 1 N–H and O–H groups in total. The Morgan fingerprint density at radius 1 is 1.50 bits per heavy atom. The molecule has 0 amide bonds. The average Bonchev–Trinajstić information content (AvgIpc) is 2.10. The van der Waals surface area contributed by atoms with Crippen LogP contribution in [0.4, 0.5) is 8.78 Å². The molecular formula is C6H12F2N2. The highest BCUT2D eigenvalue weighted by molar-refractivity contribution is 4.77. The first-order chi connectivity index (χ1) is 4.61. The third-order valence-electron chi connectivity index (χ3n) is 1.75. The summed E-state index contributed by atoms with van der Waals surface area (Å²) in [4.78, 5) is 0. The molecule has 0 bridgehead atoms. The Labute approximate surface area is 59.2 Å². The van der Waals surface area contributed by atoms with Crippen LogP contribution in [0, 0.1) is 0 Å². The standard InChI is InChI=1S/C6H12F2N2/c1-4-3-5(2)10(9-4)6(7)8/h4-6,9H,3H2,1-2H3. The van der Waals surface area contributed by atoms with Crippen molar-refractivity contribution in [2.45, 2.75) is 38.9 Å². The Morgan fingerprint density at radius 2 is 2.10 bits per heavy atom. The van der Waals surface area contributed by atoms with Crippen LogP contribution in [0.15, 0.2) is 0 Å². The number of alkyl halides is 2. The monoisotopic (exact) mass is 150 g/mol. The van der Waals surface area contributed by atoms with Crippen LogP contribution in [0.1, 0.15) is 20.3 Å². The summed E-state index contributed by atoms with van der Waals surface area (Å²) in [6.45, 7) is 1.32. The Kier molecular flexibility index (Phi) is 2.21.